The summed E-state index contributed by atoms with van der Waals surface area (Å²) in [5.74, 6) is 0. The van der Waals surface area contributed by atoms with Crippen molar-refractivity contribution in [1.82, 2.24) is 9.97 Å². The number of nitrogens with zero attached hydrogens (tertiary/aromatic N) is 3. The van der Waals surface area contributed by atoms with Crippen molar-refractivity contribution in [1.29, 1.82) is 0 Å². The Balaban J connectivity index is 1.94. The minimum absolute atomic E-state index is 0.467. The maximum atomic E-state index is 9.73. The molecule has 4 heteroatoms. The zero-order valence-electron chi connectivity index (χ0n) is 12.0. The summed E-state index contributed by atoms with van der Waals surface area (Å²) in [4.78, 5) is 10.5. The van der Waals surface area contributed by atoms with E-state index >= 15 is 0 Å². The summed E-state index contributed by atoms with van der Waals surface area (Å²) < 4.78 is 0. The van der Waals surface area contributed by atoms with Crippen molar-refractivity contribution in [3.8, 4) is 0 Å². The predicted octanol–water partition coefficient (Wildman–Crippen LogP) is 2.60. The highest BCUT2D eigenvalue weighted by molar-refractivity contribution is 5.44. The lowest BCUT2D eigenvalue weighted by Crippen LogP contribution is -2.20. The molecule has 0 unspecified atom stereocenters. The monoisotopic (exact) mass is 271 g/mol. The van der Waals surface area contributed by atoms with Crippen molar-refractivity contribution in [2.45, 2.75) is 25.9 Å². The van der Waals surface area contributed by atoms with Gasteiger partial charge in [-0.1, -0.05) is 6.92 Å². The van der Waals surface area contributed by atoms with Gasteiger partial charge in [0, 0.05) is 26.0 Å². The minimum Gasteiger partial charge on any atom is -0.387 e. The Morgan fingerprint density at radius 2 is 1.95 bits per heavy atom. The van der Waals surface area contributed by atoms with E-state index in [4.69, 9.17) is 0 Å². The SMILES string of the molecule is CC[C@@H](O)c1ccc(N(C)CCc2ccncc2)cn1. The molecular weight excluding hydrogens is 250 g/mol. The lowest BCUT2D eigenvalue weighted by molar-refractivity contribution is 0.169. The van der Waals surface area contributed by atoms with E-state index in [9.17, 15) is 5.11 Å². The number of aromatic nitrogens is 2. The first kappa shape index (κ1) is 14.5. The fraction of sp³-hybridized carbons (Fsp3) is 0.375. The van der Waals surface area contributed by atoms with Crippen molar-refractivity contribution in [2.75, 3.05) is 18.5 Å². The Bertz CT molecular complexity index is 513. The average Bonchev–Trinajstić information content (AvgIpc) is 2.53. The van der Waals surface area contributed by atoms with E-state index in [-0.39, 0.29) is 0 Å². The molecule has 0 fully saturated rings. The van der Waals surface area contributed by atoms with Gasteiger partial charge in [0.1, 0.15) is 0 Å². The van der Waals surface area contributed by atoms with Crippen LogP contribution in [0.3, 0.4) is 0 Å². The van der Waals surface area contributed by atoms with Gasteiger partial charge in [-0.05, 0) is 42.7 Å². The van der Waals surface area contributed by atoms with Gasteiger partial charge in [-0.25, -0.2) is 0 Å². The van der Waals surface area contributed by atoms with E-state index in [0.29, 0.717) is 6.42 Å². The van der Waals surface area contributed by atoms with Crippen LogP contribution in [-0.4, -0.2) is 28.7 Å². The molecule has 1 N–H and O–H groups in total. The molecule has 1 atom stereocenters. The molecule has 2 aromatic heterocycles. The largest absolute Gasteiger partial charge is 0.387 e. The van der Waals surface area contributed by atoms with Crippen LogP contribution >= 0.6 is 0 Å². The molecule has 0 aliphatic carbocycles. The number of likely N-dealkylation sites (N-methyl/N-ethyl adjacent to an activating group) is 1. The molecule has 0 amide bonds. The van der Waals surface area contributed by atoms with Crippen molar-refractivity contribution >= 4 is 5.69 Å². The van der Waals surface area contributed by atoms with Crippen molar-refractivity contribution in [3.63, 3.8) is 0 Å². The van der Waals surface area contributed by atoms with Gasteiger partial charge < -0.3 is 10.0 Å². The second-order valence-electron chi connectivity index (χ2n) is 4.89. The van der Waals surface area contributed by atoms with Crippen LogP contribution < -0.4 is 4.90 Å². The van der Waals surface area contributed by atoms with Crippen LogP contribution in [0.4, 0.5) is 5.69 Å². The molecule has 2 rings (SSSR count). The molecule has 0 aliphatic rings. The molecule has 0 saturated carbocycles. The Labute approximate surface area is 120 Å². The second-order valence-corrected chi connectivity index (χ2v) is 4.89. The van der Waals surface area contributed by atoms with E-state index < -0.39 is 6.10 Å². The third kappa shape index (κ3) is 3.78. The van der Waals surface area contributed by atoms with Gasteiger partial charge in [0.15, 0.2) is 0 Å². The van der Waals surface area contributed by atoms with Crippen LogP contribution in [0.5, 0.6) is 0 Å². The van der Waals surface area contributed by atoms with Gasteiger partial charge in [-0.2, -0.15) is 0 Å². The quantitative estimate of drug-likeness (QED) is 0.877. The molecule has 0 aromatic carbocycles. The Kier molecular flexibility index (Phi) is 5.07. The first-order valence-corrected chi connectivity index (χ1v) is 6.94. The Morgan fingerprint density at radius 3 is 2.55 bits per heavy atom. The zero-order valence-corrected chi connectivity index (χ0v) is 12.0. The van der Waals surface area contributed by atoms with Crippen LogP contribution in [0.15, 0.2) is 42.9 Å². The molecule has 0 saturated heterocycles. The van der Waals surface area contributed by atoms with Gasteiger partial charge in [0.25, 0.3) is 0 Å². The van der Waals surface area contributed by atoms with Crippen molar-refractivity contribution in [2.24, 2.45) is 0 Å². The highest BCUT2D eigenvalue weighted by atomic mass is 16.3. The maximum Gasteiger partial charge on any atom is 0.0957 e. The third-order valence-corrected chi connectivity index (χ3v) is 3.42. The van der Waals surface area contributed by atoms with Crippen LogP contribution in [-0.2, 0) is 6.42 Å². The summed E-state index contributed by atoms with van der Waals surface area (Å²) >= 11 is 0. The molecule has 0 aliphatic heterocycles. The third-order valence-electron chi connectivity index (χ3n) is 3.42. The Hall–Kier alpha value is -1.94. The normalized spacial score (nSPS) is 12.2. The summed E-state index contributed by atoms with van der Waals surface area (Å²) in [7, 11) is 2.05. The van der Waals surface area contributed by atoms with Crippen molar-refractivity contribution in [3.05, 3.63) is 54.1 Å². The molecule has 4 nitrogen and oxygen atoms in total. The summed E-state index contributed by atoms with van der Waals surface area (Å²) in [6, 6.07) is 7.97. The van der Waals surface area contributed by atoms with Crippen LogP contribution in [0.1, 0.15) is 30.7 Å². The number of pyridine rings is 2. The second kappa shape index (κ2) is 7.01. The number of anilines is 1. The first-order valence-electron chi connectivity index (χ1n) is 6.94. The van der Waals surface area contributed by atoms with E-state index in [2.05, 4.69) is 14.9 Å². The maximum absolute atomic E-state index is 9.73. The topological polar surface area (TPSA) is 49.2 Å². The molecule has 20 heavy (non-hydrogen) atoms. The van der Waals surface area contributed by atoms with Crippen LogP contribution in [0.2, 0.25) is 0 Å². The molecule has 2 aromatic rings. The number of rotatable bonds is 6. The smallest absolute Gasteiger partial charge is 0.0957 e. The predicted molar refractivity (Wildman–Crippen MR) is 80.7 cm³/mol. The van der Waals surface area contributed by atoms with Gasteiger partial charge in [0.2, 0.25) is 0 Å². The van der Waals surface area contributed by atoms with Gasteiger partial charge in [0.05, 0.1) is 23.7 Å². The van der Waals surface area contributed by atoms with E-state index in [1.165, 1.54) is 5.56 Å². The number of hydrogen-bond donors (Lipinski definition) is 1. The standard InChI is InChI=1S/C16H21N3O/c1-3-16(20)15-5-4-14(12-18-15)19(2)11-8-13-6-9-17-10-7-13/h4-7,9-10,12,16,20H,3,8,11H2,1-2H3/t16-/m1/s1. The molecule has 106 valence electrons. The van der Waals surface area contributed by atoms with Crippen LogP contribution in [0, 0.1) is 0 Å². The van der Waals surface area contributed by atoms with Crippen molar-refractivity contribution < 1.29 is 5.11 Å². The van der Waals surface area contributed by atoms with Gasteiger partial charge in [-0.3, -0.25) is 9.97 Å². The minimum atomic E-state index is -0.467. The lowest BCUT2D eigenvalue weighted by Gasteiger charge is -2.19. The highest BCUT2D eigenvalue weighted by Gasteiger charge is 2.07. The van der Waals surface area contributed by atoms with E-state index in [1.54, 1.807) is 0 Å². The lowest BCUT2D eigenvalue weighted by atomic mass is 10.1. The summed E-state index contributed by atoms with van der Waals surface area (Å²) in [6.45, 7) is 2.86. The molecule has 0 spiro atoms. The summed E-state index contributed by atoms with van der Waals surface area (Å²) in [5.41, 5.74) is 3.07. The van der Waals surface area contributed by atoms with Crippen LogP contribution in [0.25, 0.3) is 0 Å². The zero-order chi connectivity index (χ0) is 14.4. The number of aliphatic hydroxyl groups is 1. The van der Waals surface area contributed by atoms with E-state index in [1.807, 2.05) is 56.8 Å². The molecular formula is C16H21N3O. The number of aliphatic hydroxyl groups excluding tert-OH is 1. The van der Waals surface area contributed by atoms with Gasteiger partial charge in [-0.15, -0.1) is 0 Å². The molecule has 0 radical (unpaired) electrons. The molecule has 0 bridgehead atoms. The fourth-order valence-corrected chi connectivity index (χ4v) is 2.00. The Morgan fingerprint density at radius 1 is 1.20 bits per heavy atom. The molecule has 2 heterocycles. The number of hydrogen-bond acceptors (Lipinski definition) is 4. The first-order chi connectivity index (χ1) is 9.70. The highest BCUT2D eigenvalue weighted by Crippen LogP contribution is 2.17. The van der Waals surface area contributed by atoms with Gasteiger partial charge >= 0.3 is 0 Å². The summed E-state index contributed by atoms with van der Waals surface area (Å²) in [5, 5.41) is 9.73. The fourth-order valence-electron chi connectivity index (χ4n) is 2.00. The summed E-state index contributed by atoms with van der Waals surface area (Å²) in [6.07, 6.45) is 6.64. The average molecular weight is 271 g/mol. The van der Waals surface area contributed by atoms with E-state index in [0.717, 1.165) is 24.3 Å².